The number of carbonyl (C=O) groups is 2. The predicted octanol–water partition coefficient (Wildman–Crippen LogP) is 2.84. The summed E-state index contributed by atoms with van der Waals surface area (Å²) >= 11 is 0. The number of nitrogens with one attached hydrogen (secondary N) is 1. The molecule has 0 fully saturated rings. The Labute approximate surface area is 167 Å². The van der Waals surface area contributed by atoms with Crippen LogP contribution in [0.1, 0.15) is 34.1 Å². The van der Waals surface area contributed by atoms with E-state index in [1.54, 1.807) is 36.4 Å². The van der Waals surface area contributed by atoms with E-state index in [2.05, 4.69) is 10.4 Å². The van der Waals surface area contributed by atoms with Crippen LogP contribution < -0.4 is 10.1 Å². The molecule has 3 rings (SSSR count). The molecule has 1 aromatic heterocycles. The topological polar surface area (TPSA) is 114 Å². The van der Waals surface area contributed by atoms with Crippen molar-refractivity contribution in [3.05, 3.63) is 71.4 Å². The highest BCUT2D eigenvalue weighted by molar-refractivity contribution is 5.93. The molecule has 0 radical (unpaired) electrons. The van der Waals surface area contributed by atoms with E-state index in [1.807, 2.05) is 19.1 Å². The van der Waals surface area contributed by atoms with Crippen molar-refractivity contribution >= 4 is 11.9 Å². The van der Waals surface area contributed by atoms with E-state index in [9.17, 15) is 19.8 Å². The fraction of sp³-hybridized carbons (Fsp3) is 0.190. The number of ether oxygens (including phenoxy) is 1. The Morgan fingerprint density at radius 3 is 2.62 bits per heavy atom. The molecule has 2 aromatic carbocycles. The zero-order valence-electron chi connectivity index (χ0n) is 16.0. The van der Waals surface area contributed by atoms with Gasteiger partial charge in [-0.15, -0.1) is 0 Å². The Kier molecular flexibility index (Phi) is 5.82. The maximum atomic E-state index is 12.7. The molecule has 1 heterocycles. The highest BCUT2D eigenvalue weighted by Gasteiger charge is 2.23. The minimum Gasteiger partial charge on any atom is -0.497 e. The van der Waals surface area contributed by atoms with Gasteiger partial charge in [-0.05, 0) is 30.2 Å². The third-order valence-electron chi connectivity index (χ3n) is 4.47. The van der Waals surface area contributed by atoms with Crippen LogP contribution in [0.4, 0.5) is 0 Å². The number of aromatic nitrogens is 2. The summed E-state index contributed by atoms with van der Waals surface area (Å²) in [7, 11) is 1.52. The first-order valence-electron chi connectivity index (χ1n) is 8.90. The number of aliphatic carboxylic acids is 1. The number of carbonyl (C=O) groups excluding carboxylic acids is 1. The number of carboxylic acid groups (broad SMARTS) is 1. The van der Waals surface area contributed by atoms with Crippen LogP contribution in [0.25, 0.3) is 5.69 Å². The molecule has 8 heteroatoms. The van der Waals surface area contributed by atoms with E-state index >= 15 is 0 Å². The molecule has 150 valence electrons. The van der Waals surface area contributed by atoms with E-state index in [-0.39, 0.29) is 18.0 Å². The third-order valence-corrected chi connectivity index (χ3v) is 4.47. The number of aromatic hydroxyl groups is 1. The molecule has 8 nitrogen and oxygen atoms in total. The molecule has 1 atom stereocenters. The van der Waals surface area contributed by atoms with E-state index < -0.39 is 17.9 Å². The van der Waals surface area contributed by atoms with Crippen LogP contribution in [0.3, 0.4) is 0 Å². The monoisotopic (exact) mass is 395 g/mol. The van der Waals surface area contributed by atoms with Gasteiger partial charge in [0.15, 0.2) is 5.69 Å². The fourth-order valence-electron chi connectivity index (χ4n) is 3.04. The average molecular weight is 395 g/mol. The summed E-state index contributed by atoms with van der Waals surface area (Å²) < 4.78 is 6.37. The molecule has 3 aromatic rings. The lowest BCUT2D eigenvalue weighted by atomic mass is 9.98. The van der Waals surface area contributed by atoms with Gasteiger partial charge < -0.3 is 20.3 Å². The number of methoxy groups -OCH3 is 1. The van der Waals surface area contributed by atoms with Gasteiger partial charge in [0.2, 0.25) is 5.88 Å². The molecule has 0 bridgehead atoms. The molecule has 0 spiro atoms. The summed E-state index contributed by atoms with van der Waals surface area (Å²) in [6.45, 7) is 1.85. The maximum absolute atomic E-state index is 12.7. The van der Waals surface area contributed by atoms with Crippen molar-refractivity contribution in [1.82, 2.24) is 15.1 Å². The summed E-state index contributed by atoms with van der Waals surface area (Å²) in [5.41, 5.74) is 2.06. The summed E-state index contributed by atoms with van der Waals surface area (Å²) in [6.07, 6.45) is -0.279. The van der Waals surface area contributed by atoms with E-state index in [0.717, 1.165) is 5.56 Å². The fourth-order valence-corrected chi connectivity index (χ4v) is 3.04. The first-order valence-corrected chi connectivity index (χ1v) is 8.90. The molecular weight excluding hydrogens is 374 g/mol. The summed E-state index contributed by atoms with van der Waals surface area (Å²) in [5.74, 6) is -1.28. The Morgan fingerprint density at radius 1 is 1.17 bits per heavy atom. The molecule has 0 saturated heterocycles. The van der Waals surface area contributed by atoms with Gasteiger partial charge in [0, 0.05) is 12.1 Å². The quantitative estimate of drug-likeness (QED) is 0.567. The van der Waals surface area contributed by atoms with Gasteiger partial charge in [-0.2, -0.15) is 5.10 Å². The number of nitrogens with zero attached hydrogens (tertiary/aromatic N) is 2. The van der Waals surface area contributed by atoms with Gasteiger partial charge >= 0.3 is 5.97 Å². The smallest absolute Gasteiger partial charge is 0.305 e. The van der Waals surface area contributed by atoms with Crippen molar-refractivity contribution in [3.63, 3.8) is 0 Å². The van der Waals surface area contributed by atoms with Crippen LogP contribution >= 0.6 is 0 Å². The Balaban J connectivity index is 1.87. The molecule has 0 saturated carbocycles. The van der Waals surface area contributed by atoms with Gasteiger partial charge in [-0.3, -0.25) is 9.59 Å². The van der Waals surface area contributed by atoms with Gasteiger partial charge in [0.05, 0.1) is 25.3 Å². The van der Waals surface area contributed by atoms with Crippen molar-refractivity contribution in [2.45, 2.75) is 19.4 Å². The second kappa shape index (κ2) is 8.47. The van der Waals surface area contributed by atoms with Gasteiger partial charge in [0.25, 0.3) is 5.91 Å². The van der Waals surface area contributed by atoms with Crippen LogP contribution in [0.15, 0.2) is 54.6 Å². The van der Waals surface area contributed by atoms with Crippen molar-refractivity contribution < 1.29 is 24.5 Å². The minimum absolute atomic E-state index is 0.0331. The highest BCUT2D eigenvalue weighted by Crippen LogP contribution is 2.24. The SMILES string of the molecule is COc1cccc(-n2nc(C(=O)N[C@@H](CC(=O)O)c3ccccc3C)cc2O)c1. The lowest BCUT2D eigenvalue weighted by Gasteiger charge is -2.18. The van der Waals surface area contributed by atoms with Gasteiger partial charge in [0.1, 0.15) is 5.75 Å². The Hall–Kier alpha value is -3.81. The number of carboxylic acids is 1. The molecule has 1 amide bonds. The van der Waals surface area contributed by atoms with Crippen molar-refractivity contribution in [3.8, 4) is 17.3 Å². The summed E-state index contributed by atoms with van der Waals surface area (Å²) in [6, 6.07) is 14.6. The third kappa shape index (κ3) is 4.55. The van der Waals surface area contributed by atoms with Crippen LogP contribution in [0.2, 0.25) is 0 Å². The zero-order chi connectivity index (χ0) is 21.0. The lowest BCUT2D eigenvalue weighted by Crippen LogP contribution is -2.31. The largest absolute Gasteiger partial charge is 0.497 e. The Bertz CT molecular complexity index is 1040. The second-order valence-electron chi connectivity index (χ2n) is 6.48. The van der Waals surface area contributed by atoms with Gasteiger partial charge in [-0.25, -0.2) is 4.68 Å². The molecule has 3 N–H and O–H groups in total. The molecule has 0 unspecified atom stereocenters. The molecule has 0 aliphatic carbocycles. The minimum atomic E-state index is -1.04. The number of amides is 1. The van der Waals surface area contributed by atoms with Crippen LogP contribution in [0, 0.1) is 6.92 Å². The first-order chi connectivity index (χ1) is 13.9. The number of benzene rings is 2. The summed E-state index contributed by atoms with van der Waals surface area (Å²) in [5, 5.41) is 26.3. The molecule has 29 heavy (non-hydrogen) atoms. The van der Waals surface area contributed by atoms with Crippen molar-refractivity contribution in [2.24, 2.45) is 0 Å². The van der Waals surface area contributed by atoms with Crippen LogP contribution in [-0.4, -0.2) is 39.0 Å². The normalized spacial score (nSPS) is 11.7. The number of hydrogen-bond acceptors (Lipinski definition) is 5. The van der Waals surface area contributed by atoms with E-state index in [0.29, 0.717) is 17.0 Å². The average Bonchev–Trinajstić information content (AvgIpc) is 3.09. The zero-order valence-corrected chi connectivity index (χ0v) is 16.0. The standard InChI is InChI=1S/C21H21N3O5/c1-13-6-3-4-9-16(13)17(12-20(26)27)22-21(28)18-11-19(25)24(23-18)14-7-5-8-15(10-14)29-2/h3-11,17,25H,12H2,1-2H3,(H,22,28)(H,26,27)/t17-/m0/s1. The highest BCUT2D eigenvalue weighted by atomic mass is 16.5. The number of rotatable bonds is 7. The Morgan fingerprint density at radius 2 is 1.93 bits per heavy atom. The van der Waals surface area contributed by atoms with Crippen LogP contribution in [0.5, 0.6) is 11.6 Å². The second-order valence-corrected chi connectivity index (χ2v) is 6.48. The van der Waals surface area contributed by atoms with E-state index in [4.69, 9.17) is 4.74 Å². The molecule has 0 aliphatic rings. The first kappa shape index (κ1) is 19.9. The van der Waals surface area contributed by atoms with Crippen molar-refractivity contribution in [1.29, 1.82) is 0 Å². The maximum Gasteiger partial charge on any atom is 0.305 e. The number of hydrogen-bond donors (Lipinski definition) is 3. The van der Waals surface area contributed by atoms with Crippen molar-refractivity contribution in [2.75, 3.05) is 7.11 Å². The van der Waals surface area contributed by atoms with Gasteiger partial charge in [-0.1, -0.05) is 30.3 Å². The van der Waals surface area contributed by atoms with Crippen LogP contribution in [-0.2, 0) is 4.79 Å². The molecular formula is C21H21N3O5. The predicted molar refractivity (Wildman–Crippen MR) is 105 cm³/mol. The molecule has 0 aliphatic heterocycles. The number of aryl methyl sites for hydroxylation is 1. The van der Waals surface area contributed by atoms with E-state index in [1.165, 1.54) is 17.9 Å². The lowest BCUT2D eigenvalue weighted by molar-refractivity contribution is -0.137. The summed E-state index contributed by atoms with van der Waals surface area (Å²) in [4.78, 5) is 24.0.